The molecule has 4 N–H and O–H groups in total. The average molecular weight is 266 g/mol. The van der Waals surface area contributed by atoms with Crippen LogP contribution in [-0.2, 0) is 0 Å². The van der Waals surface area contributed by atoms with E-state index >= 15 is 0 Å². The number of aromatic nitrogens is 1. The standard InChI is InChI=1S/C14H22N2O3/c1-9(2)14(18)12(7-15)13-6-11(4-5-16-13)19-8-10(3)17/h4-6,9-10,17-18H,7-8,15H2,1-3H3. The third-order valence-corrected chi connectivity index (χ3v) is 2.59. The van der Waals surface area contributed by atoms with Crippen LogP contribution in [0, 0.1) is 5.92 Å². The number of allylic oxidation sites excluding steroid dienone is 1. The summed E-state index contributed by atoms with van der Waals surface area (Å²) in [6.45, 7) is 5.84. The summed E-state index contributed by atoms with van der Waals surface area (Å²) in [6.07, 6.45) is 1.06. The summed E-state index contributed by atoms with van der Waals surface area (Å²) in [7, 11) is 0. The summed E-state index contributed by atoms with van der Waals surface area (Å²) in [4.78, 5) is 4.20. The van der Waals surface area contributed by atoms with E-state index in [1.165, 1.54) is 0 Å². The van der Waals surface area contributed by atoms with Crippen molar-refractivity contribution >= 4 is 5.57 Å². The smallest absolute Gasteiger partial charge is 0.123 e. The zero-order chi connectivity index (χ0) is 14.4. The van der Waals surface area contributed by atoms with Crippen LogP contribution in [0.5, 0.6) is 5.75 Å². The van der Waals surface area contributed by atoms with Crippen LogP contribution in [0.3, 0.4) is 0 Å². The van der Waals surface area contributed by atoms with E-state index in [1.807, 2.05) is 13.8 Å². The first-order valence-electron chi connectivity index (χ1n) is 6.35. The van der Waals surface area contributed by atoms with Gasteiger partial charge in [-0.1, -0.05) is 13.8 Å². The van der Waals surface area contributed by atoms with E-state index in [9.17, 15) is 10.2 Å². The largest absolute Gasteiger partial charge is 0.512 e. The van der Waals surface area contributed by atoms with Gasteiger partial charge in [0.2, 0.25) is 0 Å². The number of pyridine rings is 1. The number of rotatable bonds is 6. The zero-order valence-corrected chi connectivity index (χ0v) is 11.6. The molecule has 0 spiro atoms. The topological polar surface area (TPSA) is 88.6 Å². The number of aliphatic hydroxyl groups excluding tert-OH is 2. The minimum Gasteiger partial charge on any atom is -0.512 e. The Morgan fingerprint density at radius 1 is 1.42 bits per heavy atom. The molecule has 1 rings (SSSR count). The van der Waals surface area contributed by atoms with Gasteiger partial charge < -0.3 is 20.7 Å². The summed E-state index contributed by atoms with van der Waals surface area (Å²) in [5.74, 6) is 0.818. The highest BCUT2D eigenvalue weighted by Crippen LogP contribution is 2.22. The van der Waals surface area contributed by atoms with Gasteiger partial charge in [0.05, 0.1) is 11.8 Å². The van der Waals surface area contributed by atoms with E-state index in [0.29, 0.717) is 17.0 Å². The van der Waals surface area contributed by atoms with Gasteiger partial charge in [-0.25, -0.2) is 0 Å². The summed E-state index contributed by atoms with van der Waals surface area (Å²) in [6, 6.07) is 3.41. The number of aliphatic hydroxyl groups is 2. The quantitative estimate of drug-likeness (QED) is 0.682. The van der Waals surface area contributed by atoms with E-state index < -0.39 is 6.10 Å². The molecule has 19 heavy (non-hydrogen) atoms. The van der Waals surface area contributed by atoms with Gasteiger partial charge in [-0.15, -0.1) is 0 Å². The van der Waals surface area contributed by atoms with E-state index in [4.69, 9.17) is 10.5 Å². The fourth-order valence-corrected chi connectivity index (χ4v) is 1.57. The van der Waals surface area contributed by atoms with Gasteiger partial charge in [0.25, 0.3) is 0 Å². The first kappa shape index (κ1) is 15.5. The van der Waals surface area contributed by atoms with Gasteiger partial charge in [-0.05, 0) is 13.0 Å². The number of nitrogens with two attached hydrogens (primary N) is 1. The van der Waals surface area contributed by atoms with Gasteiger partial charge >= 0.3 is 0 Å². The molecule has 1 heterocycles. The fourth-order valence-electron chi connectivity index (χ4n) is 1.57. The van der Waals surface area contributed by atoms with Crippen molar-refractivity contribution in [3.8, 4) is 5.75 Å². The molecule has 0 radical (unpaired) electrons. The number of ether oxygens (including phenoxy) is 1. The lowest BCUT2D eigenvalue weighted by molar-refractivity contribution is 0.122. The minimum absolute atomic E-state index is 0.0117. The second kappa shape index (κ2) is 7.11. The van der Waals surface area contributed by atoms with Crippen molar-refractivity contribution in [2.45, 2.75) is 26.9 Å². The third-order valence-electron chi connectivity index (χ3n) is 2.59. The Morgan fingerprint density at radius 3 is 2.63 bits per heavy atom. The second-order valence-corrected chi connectivity index (χ2v) is 4.76. The predicted molar refractivity (Wildman–Crippen MR) is 74.9 cm³/mol. The van der Waals surface area contributed by atoms with E-state index in [-0.39, 0.29) is 24.8 Å². The molecule has 0 saturated carbocycles. The molecule has 0 aromatic carbocycles. The highest BCUT2D eigenvalue weighted by molar-refractivity contribution is 5.66. The fraction of sp³-hybridized carbons (Fsp3) is 0.500. The molecular weight excluding hydrogens is 244 g/mol. The predicted octanol–water partition coefficient (Wildman–Crippen LogP) is 1.73. The monoisotopic (exact) mass is 266 g/mol. The molecule has 106 valence electrons. The Hall–Kier alpha value is -1.59. The van der Waals surface area contributed by atoms with Crippen molar-refractivity contribution in [2.24, 2.45) is 11.7 Å². The minimum atomic E-state index is -0.537. The van der Waals surface area contributed by atoms with Crippen molar-refractivity contribution in [1.29, 1.82) is 0 Å². The van der Waals surface area contributed by atoms with Crippen molar-refractivity contribution in [3.05, 3.63) is 29.8 Å². The molecule has 1 aromatic heterocycles. The Balaban J connectivity index is 3.00. The summed E-state index contributed by atoms with van der Waals surface area (Å²) < 4.78 is 5.41. The van der Waals surface area contributed by atoms with E-state index in [0.717, 1.165) is 0 Å². The Labute approximate surface area is 113 Å². The lowest BCUT2D eigenvalue weighted by atomic mass is 10.0. The van der Waals surface area contributed by atoms with Gasteiger partial charge in [0, 0.05) is 30.3 Å². The van der Waals surface area contributed by atoms with Crippen molar-refractivity contribution in [2.75, 3.05) is 13.2 Å². The zero-order valence-electron chi connectivity index (χ0n) is 11.6. The van der Waals surface area contributed by atoms with Crippen molar-refractivity contribution in [3.63, 3.8) is 0 Å². The molecule has 1 atom stereocenters. The van der Waals surface area contributed by atoms with Crippen molar-refractivity contribution in [1.82, 2.24) is 4.98 Å². The van der Waals surface area contributed by atoms with Crippen LogP contribution in [-0.4, -0.2) is 34.5 Å². The molecule has 1 unspecified atom stereocenters. The maximum atomic E-state index is 10.0. The van der Waals surface area contributed by atoms with E-state index in [1.54, 1.807) is 25.3 Å². The van der Waals surface area contributed by atoms with Crippen LogP contribution in [0.4, 0.5) is 0 Å². The number of hydrogen-bond donors (Lipinski definition) is 3. The lowest BCUT2D eigenvalue weighted by Crippen LogP contribution is -2.13. The molecular formula is C14H22N2O3. The molecule has 0 aliphatic heterocycles. The van der Waals surface area contributed by atoms with Crippen LogP contribution in [0.2, 0.25) is 0 Å². The second-order valence-electron chi connectivity index (χ2n) is 4.76. The van der Waals surface area contributed by atoms with Crippen LogP contribution in [0.15, 0.2) is 24.1 Å². The number of nitrogens with zero attached hydrogens (tertiary/aromatic N) is 1. The first-order chi connectivity index (χ1) is 8.95. The molecule has 0 aliphatic rings. The van der Waals surface area contributed by atoms with Gasteiger partial charge in [-0.2, -0.15) is 0 Å². The number of hydrogen-bond acceptors (Lipinski definition) is 5. The molecule has 0 bridgehead atoms. The molecule has 0 saturated heterocycles. The van der Waals surface area contributed by atoms with Gasteiger partial charge in [-0.3, -0.25) is 4.98 Å². The van der Waals surface area contributed by atoms with Crippen molar-refractivity contribution < 1.29 is 14.9 Å². The lowest BCUT2D eigenvalue weighted by Gasteiger charge is -2.13. The summed E-state index contributed by atoms with van der Waals surface area (Å²) in [5.41, 5.74) is 6.88. The van der Waals surface area contributed by atoms with Crippen LogP contribution >= 0.6 is 0 Å². The SMILES string of the molecule is CC(O)COc1ccnc(C(CN)=C(O)C(C)C)c1. The Morgan fingerprint density at radius 2 is 2.11 bits per heavy atom. The van der Waals surface area contributed by atoms with Crippen LogP contribution in [0.25, 0.3) is 5.57 Å². The summed E-state index contributed by atoms with van der Waals surface area (Å²) >= 11 is 0. The van der Waals surface area contributed by atoms with E-state index in [2.05, 4.69) is 4.98 Å². The maximum Gasteiger partial charge on any atom is 0.123 e. The molecule has 0 amide bonds. The molecule has 5 nitrogen and oxygen atoms in total. The molecule has 5 heteroatoms. The van der Waals surface area contributed by atoms with Gasteiger partial charge in [0.1, 0.15) is 18.1 Å². The average Bonchev–Trinajstić information content (AvgIpc) is 2.37. The van der Waals surface area contributed by atoms with Crippen LogP contribution in [0.1, 0.15) is 26.5 Å². The first-order valence-corrected chi connectivity index (χ1v) is 6.35. The highest BCUT2D eigenvalue weighted by atomic mass is 16.5. The Kier molecular flexibility index (Phi) is 5.79. The van der Waals surface area contributed by atoms with Crippen LogP contribution < -0.4 is 10.5 Å². The molecule has 0 fully saturated rings. The Bertz CT molecular complexity index is 442. The molecule has 1 aromatic rings. The highest BCUT2D eigenvalue weighted by Gasteiger charge is 2.12. The normalized spacial score (nSPS) is 14.2. The maximum absolute atomic E-state index is 10.0. The third kappa shape index (κ3) is 4.54. The molecule has 0 aliphatic carbocycles. The van der Waals surface area contributed by atoms with Gasteiger partial charge in [0.15, 0.2) is 0 Å². The summed E-state index contributed by atoms with van der Waals surface area (Å²) in [5, 5.41) is 19.2.